The SMILES string of the molecule is CC(C)CC(NS(=O)(=O)c1c(Br)nnn1C)C(=O)O. The summed E-state index contributed by atoms with van der Waals surface area (Å²) in [6, 6.07) is -1.19. The summed E-state index contributed by atoms with van der Waals surface area (Å²) in [6.07, 6.45) is 0.192. The van der Waals surface area contributed by atoms with Crippen molar-refractivity contribution in [2.45, 2.75) is 31.3 Å². The minimum atomic E-state index is -4.01. The summed E-state index contributed by atoms with van der Waals surface area (Å²) in [6.45, 7) is 3.62. The number of halogens is 1. The van der Waals surface area contributed by atoms with Gasteiger partial charge in [0.2, 0.25) is 5.03 Å². The van der Waals surface area contributed by atoms with E-state index in [-0.39, 0.29) is 22.0 Å². The molecule has 0 bridgehead atoms. The smallest absolute Gasteiger partial charge is 0.321 e. The van der Waals surface area contributed by atoms with Crippen LogP contribution in [0.2, 0.25) is 0 Å². The molecule has 0 saturated heterocycles. The Hall–Kier alpha value is -1.00. The Bertz CT molecular complexity index is 549. The molecular weight excluding hydrogens is 340 g/mol. The van der Waals surface area contributed by atoms with E-state index in [1.807, 2.05) is 13.8 Å². The molecule has 0 aliphatic carbocycles. The van der Waals surface area contributed by atoms with Crippen LogP contribution in [0, 0.1) is 5.92 Å². The van der Waals surface area contributed by atoms with Gasteiger partial charge in [-0.3, -0.25) is 4.79 Å². The average molecular weight is 355 g/mol. The molecule has 1 aromatic heterocycles. The number of sulfonamides is 1. The van der Waals surface area contributed by atoms with E-state index in [4.69, 9.17) is 5.11 Å². The fourth-order valence-electron chi connectivity index (χ4n) is 1.52. The van der Waals surface area contributed by atoms with E-state index in [0.717, 1.165) is 4.68 Å². The maximum absolute atomic E-state index is 12.1. The third kappa shape index (κ3) is 3.98. The van der Waals surface area contributed by atoms with Crippen molar-refractivity contribution in [2.24, 2.45) is 13.0 Å². The lowest BCUT2D eigenvalue weighted by atomic mass is 10.1. The van der Waals surface area contributed by atoms with Crippen LogP contribution in [0.1, 0.15) is 20.3 Å². The zero-order chi connectivity index (χ0) is 14.8. The number of carbonyl (C=O) groups is 1. The quantitative estimate of drug-likeness (QED) is 0.761. The van der Waals surface area contributed by atoms with Crippen molar-refractivity contribution in [3.05, 3.63) is 4.60 Å². The monoisotopic (exact) mass is 354 g/mol. The molecule has 1 atom stereocenters. The molecule has 108 valence electrons. The Labute approximate surface area is 119 Å². The van der Waals surface area contributed by atoms with E-state index in [9.17, 15) is 13.2 Å². The second-order valence-electron chi connectivity index (χ2n) is 4.45. The molecule has 0 amide bonds. The van der Waals surface area contributed by atoms with Crippen molar-refractivity contribution in [1.82, 2.24) is 19.7 Å². The van der Waals surface area contributed by atoms with Crippen LogP contribution in [-0.4, -0.2) is 40.5 Å². The fraction of sp³-hybridized carbons (Fsp3) is 0.667. The van der Waals surface area contributed by atoms with Crippen molar-refractivity contribution in [3.63, 3.8) is 0 Å². The number of hydrogen-bond donors (Lipinski definition) is 2. The Morgan fingerprint density at radius 2 is 2.11 bits per heavy atom. The topological polar surface area (TPSA) is 114 Å². The first kappa shape index (κ1) is 16.1. The first-order chi connectivity index (χ1) is 8.65. The number of aromatic nitrogens is 3. The highest BCUT2D eigenvalue weighted by Gasteiger charge is 2.30. The predicted octanol–water partition coefficient (Wildman–Crippen LogP) is 0.355. The number of carboxylic acid groups (broad SMARTS) is 1. The number of nitrogens with one attached hydrogen (secondary N) is 1. The summed E-state index contributed by atoms with van der Waals surface area (Å²) in [4.78, 5) is 11.1. The van der Waals surface area contributed by atoms with Crippen LogP contribution in [0.25, 0.3) is 0 Å². The van der Waals surface area contributed by atoms with Gasteiger partial charge in [-0.25, -0.2) is 13.1 Å². The van der Waals surface area contributed by atoms with E-state index >= 15 is 0 Å². The molecule has 1 aromatic rings. The van der Waals surface area contributed by atoms with Gasteiger partial charge >= 0.3 is 5.97 Å². The highest BCUT2D eigenvalue weighted by atomic mass is 79.9. The third-order valence-corrected chi connectivity index (χ3v) is 4.65. The van der Waals surface area contributed by atoms with E-state index in [1.54, 1.807) is 0 Å². The Morgan fingerprint density at radius 3 is 2.47 bits per heavy atom. The van der Waals surface area contributed by atoms with Gasteiger partial charge in [-0.2, -0.15) is 4.72 Å². The molecule has 1 unspecified atom stereocenters. The van der Waals surface area contributed by atoms with Gasteiger partial charge in [0.25, 0.3) is 10.0 Å². The summed E-state index contributed by atoms with van der Waals surface area (Å²) in [5, 5.41) is 15.9. The molecule has 0 fully saturated rings. The lowest BCUT2D eigenvalue weighted by Crippen LogP contribution is -2.42. The maximum atomic E-state index is 12.1. The number of carboxylic acids is 1. The molecule has 0 aromatic carbocycles. The zero-order valence-corrected chi connectivity index (χ0v) is 13.1. The van der Waals surface area contributed by atoms with Crippen molar-refractivity contribution < 1.29 is 18.3 Å². The summed E-state index contributed by atoms with van der Waals surface area (Å²) in [7, 11) is -2.60. The van der Waals surface area contributed by atoms with Crippen LogP contribution < -0.4 is 4.72 Å². The Kier molecular flexibility index (Phi) is 5.04. The number of aryl methyl sites for hydroxylation is 1. The number of rotatable bonds is 6. The van der Waals surface area contributed by atoms with Crippen molar-refractivity contribution in [3.8, 4) is 0 Å². The number of aliphatic carboxylic acids is 1. The molecule has 0 aliphatic rings. The van der Waals surface area contributed by atoms with Gasteiger partial charge in [0.15, 0.2) is 4.60 Å². The molecule has 1 heterocycles. The Balaban J connectivity index is 3.05. The van der Waals surface area contributed by atoms with Gasteiger partial charge < -0.3 is 5.11 Å². The molecule has 8 nitrogen and oxygen atoms in total. The Morgan fingerprint density at radius 1 is 1.53 bits per heavy atom. The fourth-order valence-corrected chi connectivity index (χ4v) is 3.82. The van der Waals surface area contributed by atoms with E-state index in [1.165, 1.54) is 7.05 Å². The molecule has 1 rings (SSSR count). The summed E-state index contributed by atoms with van der Waals surface area (Å²) >= 11 is 2.97. The third-order valence-electron chi connectivity index (χ3n) is 2.29. The second-order valence-corrected chi connectivity index (χ2v) is 6.83. The minimum absolute atomic E-state index is 0.0381. The van der Waals surface area contributed by atoms with Crippen LogP contribution >= 0.6 is 15.9 Å². The van der Waals surface area contributed by atoms with E-state index < -0.39 is 22.0 Å². The highest BCUT2D eigenvalue weighted by molar-refractivity contribution is 9.10. The molecule has 2 N–H and O–H groups in total. The van der Waals surface area contributed by atoms with Crippen molar-refractivity contribution >= 4 is 31.9 Å². The van der Waals surface area contributed by atoms with Crippen LogP contribution in [0.4, 0.5) is 0 Å². The number of hydrogen-bond acceptors (Lipinski definition) is 5. The largest absolute Gasteiger partial charge is 0.480 e. The molecule has 0 radical (unpaired) electrons. The van der Waals surface area contributed by atoms with Crippen LogP contribution in [0.3, 0.4) is 0 Å². The van der Waals surface area contributed by atoms with Gasteiger partial charge in [0.1, 0.15) is 6.04 Å². The predicted molar refractivity (Wildman–Crippen MR) is 69.9 cm³/mol. The molecule has 0 spiro atoms. The number of nitrogens with zero attached hydrogens (tertiary/aromatic N) is 3. The molecule has 19 heavy (non-hydrogen) atoms. The molecule has 0 aliphatic heterocycles. The van der Waals surface area contributed by atoms with Crippen LogP contribution in [-0.2, 0) is 21.9 Å². The lowest BCUT2D eigenvalue weighted by molar-refractivity contribution is -0.139. The normalized spacial score (nSPS) is 13.7. The first-order valence-corrected chi connectivity index (χ1v) is 7.73. The second kappa shape index (κ2) is 5.97. The van der Waals surface area contributed by atoms with Gasteiger partial charge in [-0.15, -0.1) is 5.10 Å². The van der Waals surface area contributed by atoms with E-state index in [2.05, 4.69) is 31.0 Å². The minimum Gasteiger partial charge on any atom is -0.480 e. The lowest BCUT2D eigenvalue weighted by Gasteiger charge is -2.16. The van der Waals surface area contributed by atoms with Gasteiger partial charge in [0.05, 0.1) is 0 Å². The summed E-state index contributed by atoms with van der Waals surface area (Å²) in [5.41, 5.74) is 0. The molecule has 10 heteroatoms. The molecule has 0 saturated carbocycles. The standard InChI is InChI=1S/C9H15BrN4O4S/c1-5(2)4-6(9(15)16)12-19(17,18)8-7(10)11-13-14(8)3/h5-6,12H,4H2,1-3H3,(H,15,16). The summed E-state index contributed by atoms with van der Waals surface area (Å²) < 4.78 is 27.5. The van der Waals surface area contributed by atoms with Gasteiger partial charge in [0, 0.05) is 7.05 Å². The highest BCUT2D eigenvalue weighted by Crippen LogP contribution is 2.18. The molecular formula is C9H15BrN4O4S. The van der Waals surface area contributed by atoms with Crippen LogP contribution in [0.15, 0.2) is 9.63 Å². The first-order valence-electron chi connectivity index (χ1n) is 5.45. The zero-order valence-electron chi connectivity index (χ0n) is 10.7. The van der Waals surface area contributed by atoms with Crippen molar-refractivity contribution in [1.29, 1.82) is 0 Å². The maximum Gasteiger partial charge on any atom is 0.321 e. The van der Waals surface area contributed by atoms with Crippen molar-refractivity contribution in [2.75, 3.05) is 0 Å². The van der Waals surface area contributed by atoms with Gasteiger partial charge in [-0.05, 0) is 28.3 Å². The van der Waals surface area contributed by atoms with E-state index in [0.29, 0.717) is 0 Å². The van der Waals surface area contributed by atoms with Crippen LogP contribution in [0.5, 0.6) is 0 Å². The van der Waals surface area contributed by atoms with Gasteiger partial charge in [-0.1, -0.05) is 19.1 Å². The summed E-state index contributed by atoms with van der Waals surface area (Å²) in [5.74, 6) is -1.18. The average Bonchev–Trinajstić information content (AvgIpc) is 2.56.